The van der Waals surface area contributed by atoms with Crippen LogP contribution in [0.5, 0.6) is 0 Å². The van der Waals surface area contributed by atoms with Crippen LogP contribution in [0.25, 0.3) is 0 Å². The molecule has 1 N–H and O–H groups in total. The molecule has 0 spiro atoms. The summed E-state index contributed by atoms with van der Waals surface area (Å²) in [4.78, 5) is 50.2. The third kappa shape index (κ3) is 3.51. The van der Waals surface area contributed by atoms with E-state index >= 15 is 0 Å². The monoisotopic (exact) mass is 380 g/mol. The lowest BCUT2D eigenvalue weighted by molar-refractivity contribution is -0.120. The molecule has 1 aliphatic rings. The van der Waals surface area contributed by atoms with E-state index in [1.807, 2.05) is 6.92 Å². The third-order valence-corrected chi connectivity index (χ3v) is 4.50. The second-order valence-electron chi connectivity index (χ2n) is 6.49. The molecule has 1 aliphatic heterocycles. The van der Waals surface area contributed by atoms with E-state index in [0.717, 1.165) is 5.56 Å². The number of hydrogen-bond acceptors (Lipinski definition) is 5. The molecule has 0 bridgehead atoms. The van der Waals surface area contributed by atoms with Gasteiger partial charge in [0.15, 0.2) is 0 Å². The molecule has 1 unspecified atom stereocenters. The average molecular weight is 380 g/mol. The van der Waals surface area contributed by atoms with E-state index in [2.05, 4.69) is 5.32 Å². The fourth-order valence-corrected chi connectivity index (χ4v) is 3.03. The Morgan fingerprint density at radius 3 is 2.43 bits per heavy atom. The lowest BCUT2D eigenvalue weighted by Crippen LogP contribution is -2.45. The number of hydrogen-bond donors (Lipinski definition) is 1. The van der Waals surface area contributed by atoms with Crippen LogP contribution in [0.4, 0.5) is 11.4 Å². The van der Waals surface area contributed by atoms with Crippen LogP contribution in [-0.2, 0) is 14.3 Å². The van der Waals surface area contributed by atoms with E-state index in [1.54, 1.807) is 56.3 Å². The number of rotatable bonds is 5. The second-order valence-corrected chi connectivity index (χ2v) is 6.49. The van der Waals surface area contributed by atoms with E-state index in [9.17, 15) is 19.2 Å². The van der Waals surface area contributed by atoms with Gasteiger partial charge in [0.25, 0.3) is 11.7 Å². The zero-order chi connectivity index (χ0) is 20.4. The molecule has 3 rings (SSSR count). The Morgan fingerprint density at radius 1 is 1.11 bits per heavy atom. The van der Waals surface area contributed by atoms with Gasteiger partial charge in [-0.3, -0.25) is 19.3 Å². The molecule has 1 atom stereocenters. The number of amides is 2. The highest BCUT2D eigenvalue weighted by molar-refractivity contribution is 6.53. The van der Waals surface area contributed by atoms with Crippen LogP contribution >= 0.6 is 0 Å². The van der Waals surface area contributed by atoms with E-state index in [4.69, 9.17) is 4.74 Å². The van der Waals surface area contributed by atoms with Gasteiger partial charge in [0.1, 0.15) is 6.04 Å². The second kappa shape index (κ2) is 7.64. The highest BCUT2D eigenvalue weighted by atomic mass is 16.5. The summed E-state index contributed by atoms with van der Waals surface area (Å²) in [6.07, 6.45) is 0. The standard InChI is InChI=1S/C21H20N2O5/c1-4-28-21(27)14-6-8-15(9-7-14)22-19(25)13(3)23-17-10-5-12(2)11-16(17)18(24)20(23)26/h5-11,13H,4H2,1-3H3,(H,22,25). The Kier molecular flexibility index (Phi) is 5.26. The molecule has 28 heavy (non-hydrogen) atoms. The summed E-state index contributed by atoms with van der Waals surface area (Å²) in [5, 5.41) is 2.70. The van der Waals surface area contributed by atoms with Crippen LogP contribution in [0.1, 0.15) is 40.1 Å². The third-order valence-electron chi connectivity index (χ3n) is 4.50. The molecule has 2 aromatic carbocycles. The number of anilines is 2. The van der Waals surface area contributed by atoms with Gasteiger partial charge in [0.05, 0.1) is 23.4 Å². The number of nitrogens with zero attached hydrogens (tertiary/aromatic N) is 1. The van der Waals surface area contributed by atoms with Crippen molar-refractivity contribution in [3.63, 3.8) is 0 Å². The number of ketones is 1. The van der Waals surface area contributed by atoms with E-state index in [0.29, 0.717) is 22.5 Å². The van der Waals surface area contributed by atoms with Gasteiger partial charge in [-0.1, -0.05) is 11.6 Å². The highest BCUT2D eigenvalue weighted by Gasteiger charge is 2.40. The van der Waals surface area contributed by atoms with Crippen LogP contribution in [0.2, 0.25) is 0 Å². The Balaban J connectivity index is 1.76. The fraction of sp³-hybridized carbons (Fsp3) is 0.238. The van der Waals surface area contributed by atoms with Crippen molar-refractivity contribution in [2.75, 3.05) is 16.8 Å². The van der Waals surface area contributed by atoms with Crippen molar-refractivity contribution in [1.29, 1.82) is 0 Å². The van der Waals surface area contributed by atoms with Gasteiger partial charge in [-0.25, -0.2) is 4.79 Å². The molecule has 0 radical (unpaired) electrons. The van der Waals surface area contributed by atoms with Crippen LogP contribution in [0, 0.1) is 6.92 Å². The Labute approximate surface area is 162 Å². The van der Waals surface area contributed by atoms with Gasteiger partial charge >= 0.3 is 5.97 Å². The van der Waals surface area contributed by atoms with Crippen molar-refractivity contribution in [3.8, 4) is 0 Å². The first-order valence-electron chi connectivity index (χ1n) is 8.90. The quantitative estimate of drug-likeness (QED) is 0.636. The highest BCUT2D eigenvalue weighted by Crippen LogP contribution is 2.31. The molecular weight excluding hydrogens is 360 g/mol. The van der Waals surface area contributed by atoms with E-state index in [-0.39, 0.29) is 6.61 Å². The molecule has 7 nitrogen and oxygen atoms in total. The smallest absolute Gasteiger partial charge is 0.338 e. The lowest BCUT2D eigenvalue weighted by Gasteiger charge is -2.24. The van der Waals surface area contributed by atoms with Crippen LogP contribution in [0.3, 0.4) is 0 Å². The first-order chi connectivity index (χ1) is 13.3. The maximum Gasteiger partial charge on any atom is 0.338 e. The van der Waals surface area contributed by atoms with E-state index in [1.165, 1.54) is 4.90 Å². The number of nitrogens with one attached hydrogen (secondary N) is 1. The van der Waals surface area contributed by atoms with Crippen molar-refractivity contribution in [2.24, 2.45) is 0 Å². The molecular formula is C21H20N2O5. The van der Waals surface area contributed by atoms with Gasteiger partial charge in [-0.05, 0) is 57.2 Å². The van der Waals surface area contributed by atoms with Crippen molar-refractivity contribution >= 4 is 34.9 Å². The maximum absolute atomic E-state index is 12.6. The summed E-state index contributed by atoms with van der Waals surface area (Å²) in [7, 11) is 0. The normalized spacial score (nSPS) is 13.9. The van der Waals surface area contributed by atoms with Crippen LogP contribution < -0.4 is 10.2 Å². The fourth-order valence-electron chi connectivity index (χ4n) is 3.03. The molecule has 0 saturated heterocycles. The van der Waals surface area contributed by atoms with E-state index < -0.39 is 29.6 Å². The molecule has 2 amide bonds. The molecule has 0 aromatic heterocycles. The molecule has 1 heterocycles. The predicted molar refractivity (Wildman–Crippen MR) is 103 cm³/mol. The molecule has 0 fully saturated rings. The first kappa shape index (κ1) is 19.3. The topological polar surface area (TPSA) is 92.8 Å². The predicted octanol–water partition coefficient (Wildman–Crippen LogP) is 2.73. The summed E-state index contributed by atoms with van der Waals surface area (Å²) in [6, 6.07) is 10.5. The van der Waals surface area contributed by atoms with Gasteiger partial charge < -0.3 is 10.1 Å². The van der Waals surface area contributed by atoms with Crippen molar-refractivity contribution in [1.82, 2.24) is 0 Å². The Morgan fingerprint density at radius 2 is 1.79 bits per heavy atom. The van der Waals surface area contributed by atoms with Crippen molar-refractivity contribution < 1.29 is 23.9 Å². The van der Waals surface area contributed by atoms with Gasteiger partial charge in [-0.2, -0.15) is 0 Å². The number of ether oxygens (including phenoxy) is 1. The zero-order valence-corrected chi connectivity index (χ0v) is 15.8. The maximum atomic E-state index is 12.6. The van der Waals surface area contributed by atoms with Crippen molar-refractivity contribution in [2.45, 2.75) is 26.8 Å². The number of esters is 1. The largest absolute Gasteiger partial charge is 0.462 e. The SMILES string of the molecule is CCOC(=O)c1ccc(NC(=O)C(C)N2C(=O)C(=O)c3cc(C)ccc32)cc1. The molecule has 2 aromatic rings. The molecule has 144 valence electrons. The Hall–Kier alpha value is -3.48. The zero-order valence-electron chi connectivity index (χ0n) is 15.8. The number of benzene rings is 2. The number of Topliss-reactive ketones (excluding diaryl/α,β-unsaturated/α-hetero) is 1. The summed E-state index contributed by atoms with van der Waals surface area (Å²) < 4.78 is 4.92. The molecule has 0 aliphatic carbocycles. The van der Waals surface area contributed by atoms with Crippen LogP contribution in [-0.4, -0.2) is 36.2 Å². The van der Waals surface area contributed by atoms with Gasteiger partial charge in [-0.15, -0.1) is 0 Å². The number of fused-ring (bicyclic) bond motifs is 1. The Bertz CT molecular complexity index is 965. The number of aryl methyl sites for hydroxylation is 1. The van der Waals surface area contributed by atoms with Crippen LogP contribution in [0.15, 0.2) is 42.5 Å². The minimum Gasteiger partial charge on any atom is -0.462 e. The summed E-state index contributed by atoms with van der Waals surface area (Å²) in [5.74, 6) is -2.22. The number of carbonyl (C=O) groups is 4. The minimum absolute atomic E-state index is 0.276. The van der Waals surface area contributed by atoms with Gasteiger partial charge in [0.2, 0.25) is 5.91 Å². The lowest BCUT2D eigenvalue weighted by atomic mass is 10.1. The average Bonchev–Trinajstić information content (AvgIpc) is 2.92. The summed E-state index contributed by atoms with van der Waals surface area (Å²) >= 11 is 0. The molecule has 0 saturated carbocycles. The van der Waals surface area contributed by atoms with Gasteiger partial charge in [0, 0.05) is 5.69 Å². The molecule has 7 heteroatoms. The summed E-state index contributed by atoms with van der Waals surface area (Å²) in [6.45, 7) is 5.38. The van der Waals surface area contributed by atoms with Crippen molar-refractivity contribution in [3.05, 3.63) is 59.2 Å². The summed E-state index contributed by atoms with van der Waals surface area (Å²) in [5.41, 5.74) is 2.44. The first-order valence-corrected chi connectivity index (χ1v) is 8.90. The number of carbonyl (C=O) groups excluding carboxylic acids is 4. The minimum atomic E-state index is -0.884.